The molecule has 3 N–H and O–H groups in total. The molecule has 8 nitrogen and oxygen atoms in total. The molecule has 2 aliphatic rings. The van der Waals surface area contributed by atoms with E-state index in [0.29, 0.717) is 40.5 Å². The number of carbonyl (C=O) groups is 2. The molecule has 2 aliphatic heterocycles. The predicted molar refractivity (Wildman–Crippen MR) is 167 cm³/mol. The van der Waals surface area contributed by atoms with Crippen LogP contribution in [-0.2, 0) is 0 Å². The number of amides is 3. The molecule has 2 fully saturated rings. The number of carbonyl (C=O) groups excluding carboxylic acids is 2. The van der Waals surface area contributed by atoms with Gasteiger partial charge in [-0.25, -0.2) is 4.79 Å². The Morgan fingerprint density at radius 1 is 0.857 bits per heavy atom. The van der Waals surface area contributed by atoms with Crippen molar-refractivity contribution < 1.29 is 19.1 Å². The maximum Gasteiger partial charge on any atom is 0.319 e. The third-order valence-electron chi connectivity index (χ3n) is 8.57. The maximum absolute atomic E-state index is 12.9. The van der Waals surface area contributed by atoms with Crippen molar-refractivity contribution in [3.05, 3.63) is 77.9 Å². The topological polar surface area (TPSA) is 91.9 Å². The third-order valence-corrected chi connectivity index (χ3v) is 8.57. The Kier molecular flexibility index (Phi) is 9.32. The molecular formula is C34H42N4O4. The van der Waals surface area contributed by atoms with Gasteiger partial charge in [-0.3, -0.25) is 4.79 Å². The molecule has 0 aliphatic carbocycles. The molecule has 2 atom stereocenters. The van der Waals surface area contributed by atoms with Crippen LogP contribution in [-0.4, -0.2) is 48.1 Å². The molecule has 3 amide bonds. The summed E-state index contributed by atoms with van der Waals surface area (Å²) in [5.74, 6) is 1.97. The van der Waals surface area contributed by atoms with Gasteiger partial charge in [0.05, 0.1) is 0 Å². The molecular weight excluding hydrogens is 528 g/mol. The second kappa shape index (κ2) is 13.3. The van der Waals surface area contributed by atoms with E-state index in [-0.39, 0.29) is 24.1 Å². The second-order valence-electron chi connectivity index (χ2n) is 11.5. The van der Waals surface area contributed by atoms with Crippen molar-refractivity contribution in [3.63, 3.8) is 0 Å². The van der Waals surface area contributed by atoms with Crippen LogP contribution in [0.4, 0.5) is 16.2 Å². The summed E-state index contributed by atoms with van der Waals surface area (Å²) in [6, 6.07) is 21.4. The van der Waals surface area contributed by atoms with Gasteiger partial charge in [0.2, 0.25) is 0 Å². The van der Waals surface area contributed by atoms with E-state index in [4.69, 9.17) is 9.47 Å². The quantitative estimate of drug-likeness (QED) is 0.237. The molecule has 0 spiro atoms. The van der Waals surface area contributed by atoms with Gasteiger partial charge in [0, 0.05) is 35.1 Å². The van der Waals surface area contributed by atoms with E-state index in [0.717, 1.165) is 37.0 Å². The average molecular weight is 571 g/mol. The average Bonchev–Trinajstić information content (AvgIpc) is 3.18. The molecule has 222 valence electrons. The van der Waals surface area contributed by atoms with Crippen LogP contribution >= 0.6 is 0 Å². The lowest BCUT2D eigenvalue weighted by atomic mass is 10.0. The summed E-state index contributed by atoms with van der Waals surface area (Å²) in [6.45, 7) is 6.04. The van der Waals surface area contributed by atoms with Gasteiger partial charge in [-0.05, 0) is 125 Å². The maximum atomic E-state index is 12.9. The molecule has 42 heavy (non-hydrogen) atoms. The van der Waals surface area contributed by atoms with Gasteiger partial charge >= 0.3 is 6.03 Å². The third kappa shape index (κ3) is 7.23. The fourth-order valence-electron chi connectivity index (χ4n) is 5.96. The van der Waals surface area contributed by atoms with Crippen LogP contribution in [0, 0.1) is 6.92 Å². The zero-order valence-electron chi connectivity index (χ0n) is 25.0. The van der Waals surface area contributed by atoms with Crippen molar-refractivity contribution in [2.45, 2.75) is 83.5 Å². The molecule has 2 heterocycles. The standard InChI is InChI=1S/C34H42N4O4/c1-5-24(6-2)36-34(40)37-25-9-16-30(17-10-25)42-32-18-11-26(19-22(32)3)35-33(39)23-7-14-29(15-8-23)41-31-20-27-12-13-28(21-31)38(27)4/h7-11,14-19,24,27-28,31H,5-6,12-13,20-21H2,1-4H3,(H,35,39)(H2,36,37,40). The number of urea groups is 1. The Hall–Kier alpha value is -4.04. The number of nitrogens with one attached hydrogen (secondary N) is 3. The highest BCUT2D eigenvalue weighted by Gasteiger charge is 2.39. The fraction of sp³-hybridized carbons (Fsp3) is 0.412. The van der Waals surface area contributed by atoms with Crippen molar-refractivity contribution in [1.29, 1.82) is 0 Å². The molecule has 2 bridgehead atoms. The van der Waals surface area contributed by atoms with Crippen molar-refractivity contribution in [1.82, 2.24) is 10.2 Å². The molecule has 3 aromatic rings. The number of rotatable bonds is 10. The number of hydrogen-bond acceptors (Lipinski definition) is 5. The normalized spacial score (nSPS) is 19.8. The van der Waals surface area contributed by atoms with Gasteiger partial charge in [-0.15, -0.1) is 0 Å². The van der Waals surface area contributed by atoms with Gasteiger partial charge in [0.25, 0.3) is 5.91 Å². The molecule has 0 saturated carbocycles. The molecule has 2 saturated heterocycles. The first-order valence-electron chi connectivity index (χ1n) is 15.1. The zero-order chi connectivity index (χ0) is 29.6. The summed E-state index contributed by atoms with van der Waals surface area (Å²) in [6.07, 6.45) is 6.67. The summed E-state index contributed by atoms with van der Waals surface area (Å²) in [5.41, 5.74) is 2.84. The Bertz CT molecular complexity index is 1360. The van der Waals surface area contributed by atoms with E-state index in [9.17, 15) is 9.59 Å². The number of piperidine rings is 1. The highest BCUT2D eigenvalue weighted by Crippen LogP contribution is 2.36. The van der Waals surface area contributed by atoms with Gasteiger partial charge in [-0.2, -0.15) is 0 Å². The van der Waals surface area contributed by atoms with Crippen LogP contribution in [0.25, 0.3) is 0 Å². The Balaban J connectivity index is 1.12. The van der Waals surface area contributed by atoms with Crippen molar-refractivity contribution in [2.24, 2.45) is 0 Å². The van der Waals surface area contributed by atoms with Crippen LogP contribution in [0.5, 0.6) is 17.2 Å². The summed E-state index contributed by atoms with van der Waals surface area (Å²) < 4.78 is 12.3. The fourth-order valence-corrected chi connectivity index (χ4v) is 5.96. The number of anilines is 2. The zero-order valence-corrected chi connectivity index (χ0v) is 25.0. The highest BCUT2D eigenvalue weighted by atomic mass is 16.5. The van der Waals surface area contributed by atoms with Crippen molar-refractivity contribution >= 4 is 23.3 Å². The van der Waals surface area contributed by atoms with Crippen molar-refractivity contribution in [3.8, 4) is 17.2 Å². The molecule has 5 rings (SSSR count). The summed E-state index contributed by atoms with van der Waals surface area (Å²) in [5, 5.41) is 8.79. The second-order valence-corrected chi connectivity index (χ2v) is 11.5. The van der Waals surface area contributed by atoms with E-state index in [1.54, 1.807) is 12.1 Å². The SMILES string of the molecule is CCC(CC)NC(=O)Nc1ccc(Oc2ccc(NC(=O)c3ccc(OC4CC5CCC(C4)N5C)cc3)cc2C)cc1. The van der Waals surface area contributed by atoms with E-state index in [1.165, 1.54) is 12.8 Å². The van der Waals surface area contributed by atoms with E-state index in [1.807, 2.05) is 61.5 Å². The van der Waals surface area contributed by atoms with E-state index in [2.05, 4.69) is 41.7 Å². The van der Waals surface area contributed by atoms with Gasteiger partial charge in [-0.1, -0.05) is 13.8 Å². The lowest BCUT2D eigenvalue weighted by molar-refractivity contribution is 0.0661. The number of benzene rings is 3. The number of hydrogen-bond donors (Lipinski definition) is 3. The molecule has 0 aromatic heterocycles. The Morgan fingerprint density at radius 3 is 2.10 bits per heavy atom. The Morgan fingerprint density at radius 2 is 1.48 bits per heavy atom. The van der Waals surface area contributed by atoms with Crippen LogP contribution in [0.2, 0.25) is 0 Å². The Labute approximate surface area is 248 Å². The minimum absolute atomic E-state index is 0.160. The predicted octanol–water partition coefficient (Wildman–Crippen LogP) is 7.35. The first-order valence-corrected chi connectivity index (χ1v) is 15.1. The largest absolute Gasteiger partial charge is 0.490 e. The molecule has 8 heteroatoms. The molecule has 2 unspecified atom stereocenters. The lowest BCUT2D eigenvalue weighted by Crippen LogP contribution is -2.43. The van der Waals surface area contributed by atoms with Gasteiger partial charge in [0.1, 0.15) is 23.4 Å². The minimum Gasteiger partial charge on any atom is -0.490 e. The highest BCUT2D eigenvalue weighted by molar-refractivity contribution is 6.04. The van der Waals surface area contributed by atoms with Gasteiger partial charge in [0.15, 0.2) is 0 Å². The van der Waals surface area contributed by atoms with Gasteiger partial charge < -0.3 is 30.3 Å². The molecule has 3 aromatic carbocycles. The van der Waals surface area contributed by atoms with Crippen LogP contribution < -0.4 is 25.4 Å². The first-order chi connectivity index (χ1) is 20.3. The number of nitrogens with zero attached hydrogens (tertiary/aromatic N) is 1. The number of ether oxygens (including phenoxy) is 2. The summed E-state index contributed by atoms with van der Waals surface area (Å²) in [7, 11) is 2.23. The van der Waals surface area contributed by atoms with Crippen LogP contribution in [0.1, 0.15) is 68.3 Å². The summed E-state index contributed by atoms with van der Waals surface area (Å²) in [4.78, 5) is 27.6. The van der Waals surface area contributed by atoms with Crippen LogP contribution in [0.3, 0.4) is 0 Å². The smallest absolute Gasteiger partial charge is 0.319 e. The van der Waals surface area contributed by atoms with Crippen LogP contribution in [0.15, 0.2) is 66.7 Å². The number of fused-ring (bicyclic) bond motifs is 2. The summed E-state index contributed by atoms with van der Waals surface area (Å²) >= 11 is 0. The number of aryl methyl sites for hydroxylation is 1. The van der Waals surface area contributed by atoms with E-state index >= 15 is 0 Å². The van der Waals surface area contributed by atoms with Crippen molar-refractivity contribution in [2.75, 3.05) is 17.7 Å². The minimum atomic E-state index is -0.214. The van der Waals surface area contributed by atoms with E-state index < -0.39 is 0 Å². The monoisotopic (exact) mass is 570 g/mol. The lowest BCUT2D eigenvalue weighted by Gasteiger charge is -2.36. The molecule has 0 radical (unpaired) electrons. The first kappa shape index (κ1) is 29.5.